The molecule has 0 aromatic carbocycles. The normalized spacial score (nSPS) is 29.8. The van der Waals surface area contributed by atoms with E-state index in [2.05, 4.69) is 51.2 Å². The zero-order valence-corrected chi connectivity index (χ0v) is 22.9. The van der Waals surface area contributed by atoms with Gasteiger partial charge in [-0.05, 0) is 89.4 Å². The summed E-state index contributed by atoms with van der Waals surface area (Å²) in [6.07, 6.45) is 22.1. The Morgan fingerprint density at radius 2 is 2.11 bits per heavy atom. The van der Waals surface area contributed by atoms with Crippen LogP contribution in [0.15, 0.2) is 47.6 Å². The van der Waals surface area contributed by atoms with Gasteiger partial charge in [-0.3, -0.25) is 4.79 Å². The summed E-state index contributed by atoms with van der Waals surface area (Å²) in [6, 6.07) is 0. The summed E-state index contributed by atoms with van der Waals surface area (Å²) in [5.74, 6) is 1.55. The molecule has 3 aliphatic rings. The molecule has 3 rings (SSSR count). The number of allylic oxidation sites excluding steroid dienone is 6. The van der Waals surface area contributed by atoms with E-state index < -0.39 is 6.10 Å². The Morgan fingerprint density at radius 3 is 2.83 bits per heavy atom. The molecule has 1 aliphatic heterocycles. The molecule has 0 bridgehead atoms. The minimum Gasteiger partial charge on any atom is -0.469 e. The summed E-state index contributed by atoms with van der Waals surface area (Å²) in [6.45, 7) is 7.28. The summed E-state index contributed by atoms with van der Waals surface area (Å²) in [4.78, 5) is 11.4. The van der Waals surface area contributed by atoms with Crippen LogP contribution in [-0.4, -0.2) is 43.3 Å². The van der Waals surface area contributed by atoms with Crippen LogP contribution in [0.5, 0.6) is 0 Å². The number of carbonyl (C=O) groups is 1. The summed E-state index contributed by atoms with van der Waals surface area (Å²) < 4.78 is 17.1. The van der Waals surface area contributed by atoms with Crippen molar-refractivity contribution in [3.63, 3.8) is 0 Å². The van der Waals surface area contributed by atoms with E-state index in [-0.39, 0.29) is 24.3 Å². The lowest BCUT2D eigenvalue weighted by Crippen LogP contribution is -2.30. The number of methoxy groups -OCH3 is 1. The van der Waals surface area contributed by atoms with Crippen molar-refractivity contribution < 1.29 is 24.1 Å². The molecule has 2 aliphatic carbocycles. The van der Waals surface area contributed by atoms with Crippen molar-refractivity contribution in [2.75, 3.05) is 13.7 Å². The van der Waals surface area contributed by atoms with Gasteiger partial charge in [-0.2, -0.15) is 0 Å². The number of hydrogen-bond donors (Lipinski definition) is 1. The Balaban J connectivity index is 1.59. The van der Waals surface area contributed by atoms with Crippen molar-refractivity contribution in [3.8, 4) is 0 Å². The fourth-order valence-electron chi connectivity index (χ4n) is 5.87. The first kappa shape index (κ1) is 28.9. The number of aliphatic hydroxyl groups is 1. The Kier molecular flexibility index (Phi) is 12.0. The van der Waals surface area contributed by atoms with Gasteiger partial charge in [-0.15, -0.1) is 0 Å². The average molecular weight is 501 g/mol. The highest BCUT2D eigenvalue weighted by Gasteiger charge is 2.45. The van der Waals surface area contributed by atoms with E-state index in [9.17, 15) is 9.90 Å². The second-order valence-electron chi connectivity index (χ2n) is 11.2. The van der Waals surface area contributed by atoms with E-state index in [4.69, 9.17) is 14.2 Å². The summed E-state index contributed by atoms with van der Waals surface area (Å²) >= 11 is 0. The first-order valence-electron chi connectivity index (χ1n) is 14.1. The number of rotatable bonds is 13. The third-order valence-electron chi connectivity index (χ3n) is 7.83. The Morgan fingerprint density at radius 1 is 1.28 bits per heavy atom. The molecule has 1 N–H and O–H groups in total. The van der Waals surface area contributed by atoms with Gasteiger partial charge in [0, 0.05) is 18.9 Å². The van der Waals surface area contributed by atoms with Gasteiger partial charge < -0.3 is 19.3 Å². The third kappa shape index (κ3) is 9.32. The van der Waals surface area contributed by atoms with Gasteiger partial charge in [0.1, 0.15) is 0 Å². The average Bonchev–Trinajstić information content (AvgIpc) is 3.37. The molecule has 2 unspecified atom stereocenters. The predicted octanol–water partition coefficient (Wildman–Crippen LogP) is 6.68. The second kappa shape index (κ2) is 14.9. The number of aliphatic hydroxyl groups excluding tert-OH is 1. The van der Waals surface area contributed by atoms with Crippen LogP contribution in [0.3, 0.4) is 0 Å². The molecule has 1 saturated heterocycles. The van der Waals surface area contributed by atoms with E-state index in [0.29, 0.717) is 30.6 Å². The van der Waals surface area contributed by atoms with Crippen molar-refractivity contribution in [3.05, 3.63) is 47.6 Å². The molecule has 0 spiro atoms. The molecule has 1 saturated carbocycles. The molecule has 2 fully saturated rings. The van der Waals surface area contributed by atoms with E-state index in [1.807, 2.05) is 6.08 Å². The lowest BCUT2D eigenvalue weighted by Gasteiger charge is -2.29. The fraction of sp³-hybridized carbons (Fsp3) is 0.710. The maximum atomic E-state index is 11.4. The number of esters is 1. The molecule has 0 aromatic heterocycles. The van der Waals surface area contributed by atoms with Gasteiger partial charge >= 0.3 is 5.97 Å². The zero-order valence-electron chi connectivity index (χ0n) is 22.9. The standard InChI is InChI=1S/C31H48O5/c1-22(2)10-9-11-23(3)18-26(32)15-16-27-28-20-24(12-5-6-13-30(33)34-4)19-25(28)21-29(27)36-31-14-7-8-17-35-31/h5,10,12,15-16,19,23,25-29,31-32H,6-9,11,13-14,17-18,20-21H2,1-4H3/t23-,25+,26?,27+,28-,29-,31?/m1/s1. The largest absolute Gasteiger partial charge is 0.469 e. The van der Waals surface area contributed by atoms with E-state index in [0.717, 1.165) is 58.0 Å². The van der Waals surface area contributed by atoms with Gasteiger partial charge in [-0.25, -0.2) is 0 Å². The minimum atomic E-state index is -0.426. The van der Waals surface area contributed by atoms with Crippen LogP contribution in [0.1, 0.15) is 85.0 Å². The quantitative estimate of drug-likeness (QED) is 0.226. The van der Waals surface area contributed by atoms with Crippen molar-refractivity contribution in [1.82, 2.24) is 0 Å². The molecule has 202 valence electrons. The summed E-state index contributed by atoms with van der Waals surface area (Å²) in [5.41, 5.74) is 2.70. The lowest BCUT2D eigenvalue weighted by molar-refractivity contribution is -0.192. The van der Waals surface area contributed by atoms with Crippen LogP contribution in [0.4, 0.5) is 0 Å². The van der Waals surface area contributed by atoms with Gasteiger partial charge in [0.05, 0.1) is 19.3 Å². The zero-order chi connectivity index (χ0) is 25.9. The third-order valence-corrected chi connectivity index (χ3v) is 7.83. The Labute approximate surface area is 218 Å². The molecular weight excluding hydrogens is 452 g/mol. The van der Waals surface area contributed by atoms with Crippen molar-refractivity contribution >= 4 is 5.97 Å². The van der Waals surface area contributed by atoms with Gasteiger partial charge in [0.15, 0.2) is 6.29 Å². The number of hydrogen-bond acceptors (Lipinski definition) is 5. The SMILES string of the molecule is COC(=O)CCC=CC1=C[C@H]2C[C@@H](OC3CCCCO3)[C@@H](C=CC(O)C[C@H](C)CCC=C(C)C)[C@@H]2C1. The molecule has 7 atom stereocenters. The van der Waals surface area contributed by atoms with Crippen LogP contribution in [-0.2, 0) is 19.0 Å². The van der Waals surface area contributed by atoms with Gasteiger partial charge in [0.25, 0.3) is 0 Å². The number of carbonyl (C=O) groups excluding carboxylic acids is 1. The lowest BCUT2D eigenvalue weighted by atomic mass is 9.88. The molecule has 5 heteroatoms. The first-order chi connectivity index (χ1) is 17.4. The van der Waals surface area contributed by atoms with Crippen LogP contribution in [0.2, 0.25) is 0 Å². The van der Waals surface area contributed by atoms with Gasteiger partial charge in [0.2, 0.25) is 0 Å². The van der Waals surface area contributed by atoms with Crippen molar-refractivity contribution in [1.29, 1.82) is 0 Å². The topological polar surface area (TPSA) is 65.0 Å². The smallest absolute Gasteiger partial charge is 0.305 e. The minimum absolute atomic E-state index is 0.0971. The summed E-state index contributed by atoms with van der Waals surface area (Å²) in [5, 5.41) is 10.8. The highest BCUT2D eigenvalue weighted by molar-refractivity contribution is 5.69. The molecule has 1 heterocycles. The maximum absolute atomic E-state index is 11.4. The highest BCUT2D eigenvalue weighted by Crippen LogP contribution is 2.49. The van der Waals surface area contributed by atoms with Crippen LogP contribution in [0, 0.1) is 23.7 Å². The van der Waals surface area contributed by atoms with Gasteiger partial charge in [-0.1, -0.05) is 54.5 Å². The molecular formula is C31H48O5. The molecule has 0 aromatic rings. The van der Waals surface area contributed by atoms with Crippen molar-refractivity contribution in [2.24, 2.45) is 23.7 Å². The Hall–Kier alpha value is -1.69. The highest BCUT2D eigenvalue weighted by atomic mass is 16.7. The Bertz CT molecular complexity index is 800. The van der Waals surface area contributed by atoms with Crippen LogP contribution in [0.25, 0.3) is 0 Å². The van der Waals surface area contributed by atoms with E-state index in [1.165, 1.54) is 18.3 Å². The monoisotopic (exact) mass is 500 g/mol. The van der Waals surface area contributed by atoms with Crippen molar-refractivity contribution in [2.45, 2.75) is 103 Å². The number of ether oxygens (including phenoxy) is 3. The molecule has 36 heavy (non-hydrogen) atoms. The first-order valence-corrected chi connectivity index (χ1v) is 14.1. The second-order valence-corrected chi connectivity index (χ2v) is 11.2. The summed E-state index contributed by atoms with van der Waals surface area (Å²) in [7, 11) is 1.43. The molecule has 0 radical (unpaired) electrons. The van der Waals surface area contributed by atoms with E-state index >= 15 is 0 Å². The predicted molar refractivity (Wildman–Crippen MR) is 144 cm³/mol. The van der Waals surface area contributed by atoms with Crippen LogP contribution >= 0.6 is 0 Å². The van der Waals surface area contributed by atoms with Crippen LogP contribution < -0.4 is 0 Å². The van der Waals surface area contributed by atoms with E-state index in [1.54, 1.807) is 0 Å². The molecule has 5 nitrogen and oxygen atoms in total. The molecule has 0 amide bonds. The number of fused-ring (bicyclic) bond motifs is 1. The fourth-order valence-corrected chi connectivity index (χ4v) is 5.87. The maximum Gasteiger partial charge on any atom is 0.305 e.